The van der Waals surface area contributed by atoms with Gasteiger partial charge in [-0.1, -0.05) is 12.2 Å². The third-order valence-corrected chi connectivity index (χ3v) is 1.60. The van der Waals surface area contributed by atoms with Crippen LogP contribution in [0.5, 0.6) is 0 Å². The van der Waals surface area contributed by atoms with E-state index in [0.29, 0.717) is 25.6 Å². The first-order valence-corrected chi connectivity index (χ1v) is 4.00. The number of ether oxygens (including phenoxy) is 1. The number of carbonyl (C=O) groups is 1. The Morgan fingerprint density at radius 1 is 1.64 bits per heavy atom. The maximum Gasteiger partial charge on any atom is 0.410 e. The molecule has 1 saturated heterocycles. The summed E-state index contributed by atoms with van der Waals surface area (Å²) in [6.45, 7) is 1.80. The van der Waals surface area contributed by atoms with Crippen LogP contribution in [0.25, 0.3) is 0 Å². The van der Waals surface area contributed by atoms with E-state index in [1.807, 2.05) is 12.2 Å². The highest BCUT2D eigenvalue weighted by Crippen LogP contribution is 2.02. The van der Waals surface area contributed by atoms with Crippen LogP contribution < -0.4 is 0 Å². The molecule has 0 unspecified atom stereocenters. The van der Waals surface area contributed by atoms with Crippen LogP contribution in [0, 0.1) is 0 Å². The third kappa shape index (κ3) is 2.42. The number of halogens is 1. The highest BCUT2D eigenvalue weighted by Gasteiger charge is 2.19. The largest absolute Gasteiger partial charge is 0.448 e. The molecule has 0 atom stereocenters. The fourth-order valence-corrected chi connectivity index (χ4v) is 0.982. The molecule has 1 aliphatic rings. The number of rotatable bonds is 3. The summed E-state index contributed by atoms with van der Waals surface area (Å²) in [6.07, 6.45) is 3.44. The maximum absolute atomic E-state index is 10.8. The Kier molecular flexibility index (Phi) is 3.23. The van der Waals surface area contributed by atoms with Crippen LogP contribution in [-0.2, 0) is 4.74 Å². The first kappa shape index (κ1) is 8.40. The first-order chi connectivity index (χ1) is 5.34. The van der Waals surface area contributed by atoms with Crippen LogP contribution in [0.1, 0.15) is 0 Å². The van der Waals surface area contributed by atoms with Crippen molar-refractivity contribution < 1.29 is 9.53 Å². The van der Waals surface area contributed by atoms with Crippen LogP contribution in [0.15, 0.2) is 12.2 Å². The minimum Gasteiger partial charge on any atom is -0.448 e. The summed E-state index contributed by atoms with van der Waals surface area (Å²) < 4.78 is 4.72. The van der Waals surface area contributed by atoms with Crippen molar-refractivity contribution in [1.29, 1.82) is 0 Å². The van der Waals surface area contributed by atoms with Crippen molar-refractivity contribution in [3.05, 3.63) is 12.2 Å². The topological polar surface area (TPSA) is 29.5 Å². The van der Waals surface area contributed by atoms with E-state index in [-0.39, 0.29) is 6.09 Å². The lowest BCUT2D eigenvalue weighted by Crippen LogP contribution is -2.23. The van der Waals surface area contributed by atoms with Gasteiger partial charge in [-0.05, 0) is 0 Å². The normalized spacial score (nSPS) is 17.9. The van der Waals surface area contributed by atoms with Crippen LogP contribution in [-0.4, -0.2) is 36.6 Å². The Labute approximate surface area is 70.6 Å². The Bertz CT molecular complexity index is 170. The Hall–Kier alpha value is -0.700. The highest BCUT2D eigenvalue weighted by atomic mass is 35.5. The average Bonchev–Trinajstić information content (AvgIpc) is 2.37. The van der Waals surface area contributed by atoms with Gasteiger partial charge in [0.1, 0.15) is 6.61 Å². The minimum absolute atomic E-state index is 0.232. The summed E-state index contributed by atoms with van der Waals surface area (Å²) in [5.74, 6) is 0.489. The Balaban J connectivity index is 2.25. The number of allylic oxidation sites excluding steroid dienone is 1. The van der Waals surface area contributed by atoms with Crippen LogP contribution in [0.4, 0.5) is 4.79 Å². The minimum atomic E-state index is -0.232. The average molecular weight is 176 g/mol. The van der Waals surface area contributed by atoms with E-state index in [0.717, 1.165) is 0 Å². The van der Waals surface area contributed by atoms with E-state index in [4.69, 9.17) is 16.3 Å². The molecule has 1 fully saturated rings. The molecule has 0 radical (unpaired) electrons. The van der Waals surface area contributed by atoms with Crippen molar-refractivity contribution in [2.24, 2.45) is 0 Å². The maximum atomic E-state index is 10.8. The second-order valence-corrected chi connectivity index (χ2v) is 2.49. The predicted octanol–water partition coefficient (Wildman–Crippen LogP) is 1.23. The fourth-order valence-electron chi connectivity index (χ4n) is 0.856. The Morgan fingerprint density at radius 2 is 2.45 bits per heavy atom. The van der Waals surface area contributed by atoms with Gasteiger partial charge in [0.05, 0.1) is 6.54 Å². The number of alkyl halides is 1. The molecule has 0 N–H and O–H groups in total. The van der Waals surface area contributed by atoms with Crippen LogP contribution in [0.2, 0.25) is 0 Å². The summed E-state index contributed by atoms with van der Waals surface area (Å²) in [6, 6.07) is 0. The van der Waals surface area contributed by atoms with E-state index in [1.54, 1.807) is 4.90 Å². The zero-order valence-corrected chi connectivity index (χ0v) is 6.88. The predicted molar refractivity (Wildman–Crippen MR) is 42.8 cm³/mol. The van der Waals surface area contributed by atoms with Crippen molar-refractivity contribution in [1.82, 2.24) is 4.90 Å². The number of carbonyl (C=O) groups excluding carboxylic acids is 1. The number of hydrogen-bond donors (Lipinski definition) is 0. The molecule has 1 heterocycles. The molecule has 0 aromatic rings. The molecule has 11 heavy (non-hydrogen) atoms. The monoisotopic (exact) mass is 175 g/mol. The van der Waals surface area contributed by atoms with Crippen LogP contribution >= 0.6 is 11.6 Å². The molecule has 1 rings (SSSR count). The van der Waals surface area contributed by atoms with Gasteiger partial charge >= 0.3 is 6.09 Å². The molecular weight excluding hydrogens is 166 g/mol. The molecule has 1 aliphatic heterocycles. The van der Waals surface area contributed by atoms with Gasteiger partial charge in [-0.2, -0.15) is 0 Å². The number of hydrogen-bond acceptors (Lipinski definition) is 2. The lowest BCUT2D eigenvalue weighted by Gasteiger charge is -2.07. The summed E-state index contributed by atoms with van der Waals surface area (Å²) in [5.41, 5.74) is 0. The summed E-state index contributed by atoms with van der Waals surface area (Å²) in [4.78, 5) is 12.4. The van der Waals surface area contributed by atoms with Crippen molar-refractivity contribution in [3.8, 4) is 0 Å². The van der Waals surface area contributed by atoms with Crippen molar-refractivity contribution in [2.75, 3.05) is 25.6 Å². The molecular formula is C7H10ClNO2. The second kappa shape index (κ2) is 4.23. The van der Waals surface area contributed by atoms with Gasteiger partial charge in [0.25, 0.3) is 0 Å². The van der Waals surface area contributed by atoms with E-state index in [1.165, 1.54) is 0 Å². The van der Waals surface area contributed by atoms with E-state index >= 15 is 0 Å². The molecule has 0 bridgehead atoms. The molecule has 3 nitrogen and oxygen atoms in total. The van der Waals surface area contributed by atoms with Gasteiger partial charge in [0.2, 0.25) is 0 Å². The smallest absolute Gasteiger partial charge is 0.410 e. The molecule has 0 spiro atoms. The van der Waals surface area contributed by atoms with Gasteiger partial charge in [-0.3, -0.25) is 0 Å². The molecule has 0 aromatic carbocycles. The quantitative estimate of drug-likeness (QED) is 0.477. The van der Waals surface area contributed by atoms with Gasteiger partial charge < -0.3 is 9.64 Å². The molecule has 0 aliphatic carbocycles. The lowest BCUT2D eigenvalue weighted by molar-refractivity contribution is 0.161. The zero-order valence-electron chi connectivity index (χ0n) is 6.12. The van der Waals surface area contributed by atoms with Gasteiger partial charge in [0.15, 0.2) is 0 Å². The number of amides is 1. The standard InChI is InChI=1S/C7H10ClNO2/c8-3-1-2-4-9-5-6-11-7(9)10/h1-2H,3-6H2. The molecule has 1 amide bonds. The van der Waals surface area contributed by atoms with E-state index < -0.39 is 0 Å². The summed E-state index contributed by atoms with van der Waals surface area (Å²) >= 11 is 5.40. The van der Waals surface area contributed by atoms with Crippen molar-refractivity contribution in [3.63, 3.8) is 0 Å². The molecule has 62 valence electrons. The fraction of sp³-hybridized carbons (Fsp3) is 0.571. The van der Waals surface area contributed by atoms with Gasteiger partial charge in [-0.25, -0.2) is 4.79 Å². The number of nitrogens with zero attached hydrogens (tertiary/aromatic N) is 1. The molecule has 0 aromatic heterocycles. The summed E-state index contributed by atoms with van der Waals surface area (Å²) in [5, 5.41) is 0. The highest BCUT2D eigenvalue weighted by molar-refractivity contribution is 6.18. The molecule has 0 saturated carbocycles. The van der Waals surface area contributed by atoms with Crippen molar-refractivity contribution in [2.45, 2.75) is 0 Å². The van der Waals surface area contributed by atoms with E-state index in [9.17, 15) is 4.79 Å². The second-order valence-electron chi connectivity index (χ2n) is 2.19. The lowest BCUT2D eigenvalue weighted by atomic mass is 10.5. The zero-order chi connectivity index (χ0) is 8.10. The Morgan fingerprint density at radius 3 is 3.00 bits per heavy atom. The van der Waals surface area contributed by atoms with Crippen molar-refractivity contribution >= 4 is 17.7 Å². The molecule has 4 heteroatoms. The van der Waals surface area contributed by atoms with Gasteiger partial charge in [-0.15, -0.1) is 11.6 Å². The number of cyclic esters (lactones) is 1. The van der Waals surface area contributed by atoms with Crippen LogP contribution in [0.3, 0.4) is 0 Å². The SMILES string of the molecule is O=C1OCCN1CC=CCCl. The third-order valence-electron chi connectivity index (χ3n) is 1.43. The first-order valence-electron chi connectivity index (χ1n) is 3.47. The summed E-state index contributed by atoms with van der Waals surface area (Å²) in [7, 11) is 0. The van der Waals surface area contributed by atoms with E-state index in [2.05, 4.69) is 0 Å². The van der Waals surface area contributed by atoms with Gasteiger partial charge in [0, 0.05) is 12.4 Å².